The first-order valence-corrected chi connectivity index (χ1v) is 7.71. The van der Waals surface area contributed by atoms with Crippen molar-refractivity contribution in [3.8, 4) is 0 Å². The fourth-order valence-electron chi connectivity index (χ4n) is 2.13. The van der Waals surface area contributed by atoms with Crippen LogP contribution < -0.4 is 0 Å². The molecule has 2 rings (SSSR count). The van der Waals surface area contributed by atoms with E-state index in [1.165, 1.54) is 13.2 Å². The highest BCUT2D eigenvalue weighted by molar-refractivity contribution is 7.89. The van der Waals surface area contributed by atoms with Crippen LogP contribution in [0.2, 0.25) is 5.02 Å². The molecule has 0 spiro atoms. The normalized spacial score (nSPS) is 20.1. The first-order chi connectivity index (χ1) is 9.36. The summed E-state index contributed by atoms with van der Waals surface area (Å²) in [5.41, 5.74) is 0. The molecule has 1 aromatic rings. The summed E-state index contributed by atoms with van der Waals surface area (Å²) in [6.45, 7) is 0.154. The highest BCUT2D eigenvalue weighted by atomic mass is 35.5. The predicted molar refractivity (Wildman–Crippen MR) is 70.3 cm³/mol. The third kappa shape index (κ3) is 2.79. The van der Waals surface area contributed by atoms with E-state index in [1.807, 2.05) is 0 Å². The van der Waals surface area contributed by atoms with Crippen molar-refractivity contribution in [2.24, 2.45) is 5.92 Å². The molecule has 1 unspecified atom stereocenters. The number of esters is 1. The van der Waals surface area contributed by atoms with Gasteiger partial charge in [-0.2, -0.15) is 4.31 Å². The zero-order valence-corrected chi connectivity index (χ0v) is 12.2. The van der Waals surface area contributed by atoms with Gasteiger partial charge in [-0.25, -0.2) is 12.8 Å². The Labute approximate surface area is 121 Å². The van der Waals surface area contributed by atoms with Crippen LogP contribution in [0.5, 0.6) is 0 Å². The number of benzene rings is 1. The van der Waals surface area contributed by atoms with E-state index in [9.17, 15) is 17.6 Å². The number of rotatable bonds is 3. The molecule has 1 aliphatic rings. The molecule has 5 nitrogen and oxygen atoms in total. The second kappa shape index (κ2) is 5.67. The predicted octanol–water partition coefficient (Wildman–Crippen LogP) is 1.66. The molecule has 0 bridgehead atoms. The summed E-state index contributed by atoms with van der Waals surface area (Å²) >= 11 is 5.60. The molecule has 0 aliphatic carbocycles. The third-order valence-electron chi connectivity index (χ3n) is 3.20. The van der Waals surface area contributed by atoms with Crippen molar-refractivity contribution in [3.63, 3.8) is 0 Å². The summed E-state index contributed by atoms with van der Waals surface area (Å²) in [6.07, 6.45) is 0.362. The molecule has 1 saturated heterocycles. The van der Waals surface area contributed by atoms with Crippen molar-refractivity contribution < 1.29 is 22.3 Å². The van der Waals surface area contributed by atoms with Gasteiger partial charge < -0.3 is 4.74 Å². The fourth-order valence-corrected chi connectivity index (χ4v) is 3.83. The van der Waals surface area contributed by atoms with Gasteiger partial charge in [0.05, 0.1) is 13.0 Å². The Bertz CT molecular complexity index is 634. The molecule has 20 heavy (non-hydrogen) atoms. The molecule has 8 heteroatoms. The smallest absolute Gasteiger partial charge is 0.310 e. The summed E-state index contributed by atoms with van der Waals surface area (Å²) in [6, 6.07) is 3.38. The third-order valence-corrected chi connectivity index (χ3v) is 5.33. The first-order valence-electron chi connectivity index (χ1n) is 5.89. The Morgan fingerprint density at radius 2 is 2.20 bits per heavy atom. The number of carbonyl (C=O) groups is 1. The number of sulfonamides is 1. The molecule has 0 radical (unpaired) electrons. The van der Waals surface area contributed by atoms with E-state index in [2.05, 4.69) is 4.74 Å². The summed E-state index contributed by atoms with van der Waals surface area (Å²) in [4.78, 5) is 11.0. The van der Waals surface area contributed by atoms with Gasteiger partial charge in [-0.05, 0) is 24.6 Å². The lowest BCUT2D eigenvalue weighted by Gasteiger charge is -2.16. The Hall–Kier alpha value is -1.18. The fraction of sp³-hybridized carbons (Fsp3) is 0.417. The standard InChI is InChI=1S/C12H13ClFNO4S/c1-19-12(16)8-4-5-15(7-8)20(17,18)11-3-2-9(13)6-10(11)14/h2-3,6,8H,4-5,7H2,1H3. The van der Waals surface area contributed by atoms with Crippen LogP contribution in [0.25, 0.3) is 0 Å². The van der Waals surface area contributed by atoms with E-state index in [-0.39, 0.29) is 18.1 Å². The number of carbonyl (C=O) groups excluding carboxylic acids is 1. The van der Waals surface area contributed by atoms with Gasteiger partial charge in [0.1, 0.15) is 10.7 Å². The largest absolute Gasteiger partial charge is 0.469 e. The molecular formula is C12H13ClFNO4S. The molecule has 1 aromatic carbocycles. The van der Waals surface area contributed by atoms with Gasteiger partial charge in [-0.3, -0.25) is 4.79 Å². The van der Waals surface area contributed by atoms with Crippen LogP contribution in [0.4, 0.5) is 4.39 Å². The minimum Gasteiger partial charge on any atom is -0.469 e. The van der Waals surface area contributed by atoms with Gasteiger partial charge in [0.25, 0.3) is 0 Å². The van der Waals surface area contributed by atoms with E-state index in [0.29, 0.717) is 6.42 Å². The van der Waals surface area contributed by atoms with Crippen molar-refractivity contribution in [3.05, 3.63) is 29.0 Å². The molecule has 0 amide bonds. The van der Waals surface area contributed by atoms with Gasteiger partial charge in [0, 0.05) is 18.1 Å². The lowest BCUT2D eigenvalue weighted by molar-refractivity contribution is -0.144. The van der Waals surface area contributed by atoms with Crippen molar-refractivity contribution in [2.75, 3.05) is 20.2 Å². The van der Waals surface area contributed by atoms with Gasteiger partial charge >= 0.3 is 5.97 Å². The number of hydrogen-bond acceptors (Lipinski definition) is 4. The molecule has 1 heterocycles. The average molecular weight is 322 g/mol. The molecule has 1 atom stereocenters. The van der Waals surface area contributed by atoms with Gasteiger partial charge in [0.2, 0.25) is 10.0 Å². The van der Waals surface area contributed by atoms with Gasteiger partial charge in [-0.15, -0.1) is 0 Å². The summed E-state index contributed by atoms with van der Waals surface area (Å²) in [5, 5.41) is 0.121. The van der Waals surface area contributed by atoms with Crippen molar-refractivity contribution in [2.45, 2.75) is 11.3 Å². The van der Waals surface area contributed by atoms with Gasteiger partial charge in [0.15, 0.2) is 0 Å². The monoisotopic (exact) mass is 321 g/mol. The first kappa shape index (κ1) is 15.2. The Kier molecular flexibility index (Phi) is 4.31. The number of hydrogen-bond donors (Lipinski definition) is 0. The van der Waals surface area contributed by atoms with E-state index in [1.54, 1.807) is 0 Å². The molecule has 0 aromatic heterocycles. The molecule has 0 saturated carbocycles. The minimum absolute atomic E-state index is 0.00290. The van der Waals surface area contributed by atoms with Gasteiger partial charge in [-0.1, -0.05) is 11.6 Å². The summed E-state index contributed by atoms with van der Waals surface area (Å²) < 4.78 is 44.0. The number of nitrogens with zero attached hydrogens (tertiary/aromatic N) is 1. The lowest BCUT2D eigenvalue weighted by atomic mass is 10.1. The van der Waals surface area contributed by atoms with E-state index in [4.69, 9.17) is 11.6 Å². The SMILES string of the molecule is COC(=O)C1CCN(S(=O)(=O)c2ccc(Cl)cc2F)C1. The van der Waals surface area contributed by atoms with E-state index >= 15 is 0 Å². The highest BCUT2D eigenvalue weighted by Gasteiger charge is 2.37. The number of methoxy groups -OCH3 is 1. The minimum atomic E-state index is -3.97. The topological polar surface area (TPSA) is 63.7 Å². The number of halogens is 2. The summed E-state index contributed by atoms with van der Waals surface area (Å²) in [5.74, 6) is -1.87. The van der Waals surface area contributed by atoms with Crippen molar-refractivity contribution in [1.29, 1.82) is 0 Å². The zero-order valence-electron chi connectivity index (χ0n) is 10.7. The van der Waals surface area contributed by atoms with Crippen LogP contribution >= 0.6 is 11.6 Å². The molecule has 1 fully saturated rings. The van der Waals surface area contributed by atoms with Crippen molar-refractivity contribution in [1.82, 2.24) is 4.31 Å². The summed E-state index contributed by atoms with van der Waals surface area (Å²) in [7, 11) is -2.72. The quantitative estimate of drug-likeness (QED) is 0.794. The van der Waals surface area contributed by atoms with Crippen LogP contribution in [0.15, 0.2) is 23.1 Å². The maximum absolute atomic E-state index is 13.7. The number of ether oxygens (including phenoxy) is 1. The van der Waals surface area contributed by atoms with Crippen LogP contribution in [-0.2, 0) is 19.6 Å². The second-order valence-corrected chi connectivity index (χ2v) is 6.79. The van der Waals surface area contributed by atoms with Crippen LogP contribution in [0.3, 0.4) is 0 Å². The van der Waals surface area contributed by atoms with Crippen LogP contribution in [-0.4, -0.2) is 38.9 Å². The molecule has 0 N–H and O–H groups in total. The van der Waals surface area contributed by atoms with E-state index in [0.717, 1.165) is 16.4 Å². The lowest BCUT2D eigenvalue weighted by Crippen LogP contribution is -2.31. The Morgan fingerprint density at radius 1 is 1.50 bits per heavy atom. The molecular weight excluding hydrogens is 309 g/mol. The molecule has 1 aliphatic heterocycles. The molecule has 110 valence electrons. The second-order valence-electron chi connectivity index (χ2n) is 4.45. The van der Waals surface area contributed by atoms with E-state index < -0.39 is 32.6 Å². The van der Waals surface area contributed by atoms with Crippen LogP contribution in [0.1, 0.15) is 6.42 Å². The highest BCUT2D eigenvalue weighted by Crippen LogP contribution is 2.27. The maximum atomic E-state index is 13.7. The average Bonchev–Trinajstić information content (AvgIpc) is 2.87. The van der Waals surface area contributed by atoms with Crippen LogP contribution in [0, 0.1) is 11.7 Å². The van der Waals surface area contributed by atoms with Crippen molar-refractivity contribution >= 4 is 27.6 Å². The zero-order chi connectivity index (χ0) is 14.9. The Balaban J connectivity index is 2.26. The maximum Gasteiger partial charge on any atom is 0.310 e. The Morgan fingerprint density at radius 3 is 2.80 bits per heavy atom.